The number of fused-ring (bicyclic) bond motifs is 12. The van der Waals surface area contributed by atoms with E-state index in [4.69, 9.17) is 0 Å². The van der Waals surface area contributed by atoms with Crippen LogP contribution in [0.5, 0.6) is 0 Å². The second-order valence-electron chi connectivity index (χ2n) is 29.3. The Bertz CT molecular complexity index is 6120. The number of rotatable bonds is 12. The molecule has 0 amide bonds. The van der Waals surface area contributed by atoms with Gasteiger partial charge in [-0.3, -0.25) is 0 Å². The molecule has 0 fully saturated rings. The topological polar surface area (TPSA) is 19.7 Å². The summed E-state index contributed by atoms with van der Waals surface area (Å²) < 4.78 is 125. The zero-order valence-corrected chi connectivity index (χ0v) is 61.0. The van der Waals surface area contributed by atoms with Gasteiger partial charge in [-0.25, -0.2) is 0 Å². The van der Waals surface area contributed by atoms with Crippen molar-refractivity contribution in [2.45, 2.75) is 12.4 Å². The zero-order valence-electron chi connectivity index (χ0n) is 61.0. The first-order valence-corrected chi connectivity index (χ1v) is 38.0. The molecule has 0 atom stereocenters. The van der Waals surface area contributed by atoms with Crippen LogP contribution >= 0.6 is 0 Å². The van der Waals surface area contributed by atoms with Gasteiger partial charge in [-0.05, 0) is 186 Å². The quantitative estimate of drug-likeness (QED) is 0.109. The van der Waals surface area contributed by atoms with Gasteiger partial charge >= 0.3 is 12.4 Å². The van der Waals surface area contributed by atoms with Crippen molar-refractivity contribution >= 4 is 87.2 Å². The average Bonchev–Trinajstić information content (AvgIpc) is 1.42. The van der Waals surface area contributed by atoms with Gasteiger partial charge in [-0.1, -0.05) is 291 Å². The summed E-state index contributed by atoms with van der Waals surface area (Å²) in [6.07, 6.45) is -11.0. The van der Waals surface area contributed by atoms with E-state index in [2.05, 4.69) is 0 Å². The maximum atomic E-state index is 19.8. The molecule has 0 aliphatic heterocycles. The van der Waals surface area contributed by atoms with Crippen LogP contribution in [-0.2, 0) is 12.4 Å². The molecule has 4 aromatic heterocycles. The number of nitrogens with zero attached hydrogens (tertiary/aromatic N) is 4. The van der Waals surface area contributed by atoms with Gasteiger partial charge in [0.05, 0.1) is 66.9 Å². The van der Waals surface area contributed by atoms with Crippen molar-refractivity contribution in [2.75, 3.05) is 0 Å². The Labute approximate surface area is 651 Å². The van der Waals surface area contributed by atoms with Gasteiger partial charge in [0.25, 0.3) is 0 Å². The monoisotopic (exact) mass is 1480 g/mol. The minimum Gasteiger partial charge on any atom is -0.306 e. The molecule has 21 rings (SSSR count). The van der Waals surface area contributed by atoms with E-state index >= 15 is 26.3 Å². The highest BCUT2D eigenvalue weighted by Crippen LogP contribution is 2.57. The van der Waals surface area contributed by atoms with Crippen molar-refractivity contribution in [1.29, 1.82) is 0 Å². The predicted molar refractivity (Wildman–Crippen MR) is 457 cm³/mol. The second kappa shape index (κ2) is 26.6. The van der Waals surface area contributed by atoms with E-state index in [0.29, 0.717) is 43.1 Å². The third-order valence-electron chi connectivity index (χ3n) is 22.8. The molecule has 10 heteroatoms. The van der Waals surface area contributed by atoms with E-state index in [9.17, 15) is 0 Å². The number of benzene rings is 17. The first-order chi connectivity index (χ1) is 55.8. The summed E-state index contributed by atoms with van der Waals surface area (Å²) in [6.45, 7) is 0. The second-order valence-corrected chi connectivity index (χ2v) is 29.3. The van der Waals surface area contributed by atoms with Crippen LogP contribution in [0.4, 0.5) is 26.3 Å². The largest absolute Gasteiger partial charge is 0.420 e. The van der Waals surface area contributed by atoms with Crippen LogP contribution in [0, 0.1) is 0 Å². The third-order valence-corrected chi connectivity index (χ3v) is 22.8. The number of aromatic nitrogens is 4. The minimum absolute atomic E-state index is 0.243. The fourth-order valence-electron chi connectivity index (χ4n) is 17.6. The van der Waals surface area contributed by atoms with E-state index in [0.717, 1.165) is 89.0 Å². The third kappa shape index (κ3) is 11.1. The van der Waals surface area contributed by atoms with Crippen LogP contribution in [0.3, 0.4) is 0 Å². The number of halogens is 6. The summed E-state index contributed by atoms with van der Waals surface area (Å²) in [5, 5.41) is 4.18. The van der Waals surface area contributed by atoms with Crippen LogP contribution in [0.2, 0.25) is 0 Å². The fourth-order valence-corrected chi connectivity index (χ4v) is 17.6. The van der Waals surface area contributed by atoms with E-state index < -0.39 is 46.2 Å². The van der Waals surface area contributed by atoms with Gasteiger partial charge in [0.2, 0.25) is 0 Å². The Kier molecular flexibility index (Phi) is 15.8. The zero-order chi connectivity index (χ0) is 76.5. The number of alkyl halides is 6. The molecule has 542 valence electrons. The Balaban J connectivity index is 1.03. The molecule has 0 spiro atoms. The molecule has 0 aliphatic carbocycles. The van der Waals surface area contributed by atoms with E-state index in [-0.39, 0.29) is 44.1 Å². The van der Waals surface area contributed by atoms with E-state index in [1.807, 2.05) is 340 Å². The predicted octanol–water partition coefficient (Wildman–Crippen LogP) is 29.4. The number of hydrogen-bond donors (Lipinski definition) is 0. The SMILES string of the molecule is FC(F)(F)c1c(-n2c3ccc(-c4ccccc4)cc3c3cc(-c4ccccc4)ccc32)c(-n2c3ccc(-c4ccccc4)cc3c3cc(-c4ccccc4)ccc32)c(C(F)(F)F)c(-n2c3ccc(-c4ccccc4)cc3c3cc(-c4ccccc4)ccc32)c1-n1c2ccc(-c3ccccc3)cc2c2cc(-c3ccccc3)ccc21. The summed E-state index contributed by atoms with van der Waals surface area (Å²) in [7, 11) is 0. The molecule has 0 bridgehead atoms. The van der Waals surface area contributed by atoms with E-state index in [1.54, 1.807) is 48.5 Å². The first kappa shape index (κ1) is 67.6. The van der Waals surface area contributed by atoms with Crippen LogP contribution in [-0.4, -0.2) is 18.3 Å². The van der Waals surface area contributed by atoms with Crippen molar-refractivity contribution in [1.82, 2.24) is 18.3 Å². The maximum Gasteiger partial charge on any atom is 0.420 e. The van der Waals surface area contributed by atoms with Crippen LogP contribution in [0.25, 0.3) is 199 Å². The summed E-state index contributed by atoms with van der Waals surface area (Å²) in [6, 6.07) is 123. The molecule has 0 aliphatic rings. The smallest absolute Gasteiger partial charge is 0.306 e. The normalized spacial score (nSPS) is 12.1. The molecular formula is C104H64F6N4. The molecule has 21 aromatic rings. The highest BCUT2D eigenvalue weighted by Gasteiger charge is 2.50. The molecular weight excluding hydrogens is 1420 g/mol. The highest BCUT2D eigenvalue weighted by atomic mass is 19.4. The minimum atomic E-state index is -5.52. The maximum absolute atomic E-state index is 19.8. The Hall–Kier alpha value is -14.5. The van der Waals surface area contributed by atoms with Gasteiger partial charge in [0.1, 0.15) is 11.1 Å². The molecule has 0 radical (unpaired) electrons. The van der Waals surface area contributed by atoms with Crippen molar-refractivity contribution in [3.8, 4) is 112 Å². The molecule has 0 N–H and O–H groups in total. The van der Waals surface area contributed by atoms with Crippen molar-refractivity contribution < 1.29 is 26.3 Å². The molecule has 0 saturated carbocycles. The van der Waals surface area contributed by atoms with Crippen molar-refractivity contribution in [2.24, 2.45) is 0 Å². The lowest BCUT2D eigenvalue weighted by Crippen LogP contribution is -2.26. The van der Waals surface area contributed by atoms with Crippen molar-refractivity contribution in [3.63, 3.8) is 0 Å². The lowest BCUT2D eigenvalue weighted by atomic mass is 9.96. The fraction of sp³-hybridized carbons (Fsp3) is 0.0192. The highest BCUT2D eigenvalue weighted by molar-refractivity contribution is 6.18. The summed E-state index contributed by atoms with van der Waals surface area (Å²) in [5.41, 5.74) is 9.17. The lowest BCUT2D eigenvalue weighted by molar-refractivity contribution is -0.141. The Morgan fingerprint density at radius 2 is 0.263 bits per heavy atom. The standard InChI is InChI=1S/C104H64F6N4/c105-103(106,107)97-99(111-89-49-41-73(65-25-9-1-10-26-65)57-81(89)82-58-74(42-50-90(82)111)66-27-11-2-12-28-66)100(112-91-51-43-75(67-29-13-3-14-30-67)59-83(91)84-60-76(44-52-92(84)112)68-31-15-4-16-32-68)98(104(108,109)110)102(114-95-55-47-79(71-37-21-7-22-38-71)63-87(95)88-64-80(48-56-96(88)114)72-39-23-8-24-40-72)101(97)113-93-53-45-77(69-33-17-5-18-34-69)61-85(93)86-62-78(46-54-94(86)113)70-35-19-6-20-36-70/h1-64H. The van der Waals surface area contributed by atoms with Crippen LogP contribution < -0.4 is 0 Å². The van der Waals surface area contributed by atoms with E-state index in [1.165, 1.54) is 18.3 Å². The van der Waals surface area contributed by atoms with Gasteiger partial charge in [-0.2, -0.15) is 26.3 Å². The first-order valence-electron chi connectivity index (χ1n) is 38.0. The molecule has 0 unspecified atom stereocenters. The molecule has 0 saturated heterocycles. The average molecular weight is 1480 g/mol. The van der Waals surface area contributed by atoms with Crippen LogP contribution in [0.1, 0.15) is 11.1 Å². The number of hydrogen-bond acceptors (Lipinski definition) is 0. The van der Waals surface area contributed by atoms with Crippen molar-refractivity contribution in [3.05, 3.63) is 399 Å². The molecule has 4 heterocycles. The molecule has 114 heavy (non-hydrogen) atoms. The Morgan fingerprint density at radius 1 is 0.140 bits per heavy atom. The molecule has 17 aromatic carbocycles. The van der Waals surface area contributed by atoms with Gasteiger partial charge in [0.15, 0.2) is 0 Å². The van der Waals surface area contributed by atoms with Crippen LogP contribution in [0.15, 0.2) is 388 Å². The van der Waals surface area contributed by atoms with Gasteiger partial charge in [-0.15, -0.1) is 0 Å². The Morgan fingerprint density at radius 3 is 0.377 bits per heavy atom. The lowest BCUT2D eigenvalue weighted by Gasteiger charge is -2.32. The summed E-state index contributed by atoms with van der Waals surface area (Å²) in [5.74, 6) is 0. The summed E-state index contributed by atoms with van der Waals surface area (Å²) >= 11 is 0. The van der Waals surface area contributed by atoms with Gasteiger partial charge in [0, 0.05) is 43.1 Å². The molecule has 4 nitrogen and oxygen atoms in total. The summed E-state index contributed by atoms with van der Waals surface area (Å²) in [4.78, 5) is 0. The van der Waals surface area contributed by atoms with Gasteiger partial charge < -0.3 is 18.3 Å².